The molecule has 0 aliphatic carbocycles. The molecule has 120 valence electrons. The molecule has 0 bridgehead atoms. The molecule has 2 aliphatic rings. The largest absolute Gasteiger partial charge is 0.355 e. The summed E-state index contributed by atoms with van der Waals surface area (Å²) < 4.78 is 0. The molecule has 1 amide bonds. The first kappa shape index (κ1) is 15.3. The molecule has 3 heterocycles. The summed E-state index contributed by atoms with van der Waals surface area (Å²) in [4.78, 5) is 26.0. The van der Waals surface area contributed by atoms with E-state index >= 15 is 0 Å². The molecule has 2 aliphatic heterocycles. The van der Waals surface area contributed by atoms with Crippen molar-refractivity contribution < 1.29 is 4.79 Å². The quantitative estimate of drug-likeness (QED) is 0.859. The summed E-state index contributed by atoms with van der Waals surface area (Å²) in [6.07, 6.45) is 5.03. The zero-order valence-electron chi connectivity index (χ0n) is 13.9. The number of anilines is 1. The van der Waals surface area contributed by atoms with Gasteiger partial charge in [0.15, 0.2) is 0 Å². The molecular weight excluding hydrogens is 276 g/mol. The van der Waals surface area contributed by atoms with Gasteiger partial charge in [0.1, 0.15) is 11.6 Å². The van der Waals surface area contributed by atoms with E-state index in [-0.39, 0.29) is 5.41 Å². The van der Waals surface area contributed by atoms with Gasteiger partial charge < -0.3 is 9.80 Å². The summed E-state index contributed by atoms with van der Waals surface area (Å²) in [6, 6.07) is 2.05. The Hall–Kier alpha value is -1.65. The fourth-order valence-corrected chi connectivity index (χ4v) is 3.82. The molecule has 1 aromatic heterocycles. The second kappa shape index (κ2) is 5.86. The van der Waals surface area contributed by atoms with Crippen LogP contribution in [0.15, 0.2) is 6.07 Å². The molecule has 0 aromatic carbocycles. The predicted octanol–water partition coefficient (Wildman–Crippen LogP) is 2.19. The monoisotopic (exact) mass is 302 g/mol. The predicted molar refractivity (Wildman–Crippen MR) is 86.9 cm³/mol. The van der Waals surface area contributed by atoms with Crippen molar-refractivity contribution in [1.29, 1.82) is 0 Å². The average Bonchev–Trinajstić information content (AvgIpc) is 2.90. The lowest BCUT2D eigenvalue weighted by atomic mass is 9.78. The number of carbonyl (C=O) groups excluding carboxylic acids is 1. The van der Waals surface area contributed by atoms with Crippen molar-refractivity contribution in [3.8, 4) is 0 Å². The highest BCUT2D eigenvalue weighted by Crippen LogP contribution is 2.40. The number of nitrogens with zero attached hydrogens (tertiary/aromatic N) is 4. The maximum Gasteiger partial charge on any atom is 0.230 e. The van der Waals surface area contributed by atoms with Gasteiger partial charge in [-0.15, -0.1) is 0 Å². The SMILES string of the molecule is CCCc1nc(C)cc(N2CC[C@@]3(CCCN(C)C3=O)C2)n1. The number of hydrogen-bond acceptors (Lipinski definition) is 4. The standard InChI is InChI=1S/C17H26N4O/c1-4-6-14-18-13(2)11-15(19-14)21-10-8-17(12-21)7-5-9-20(3)16(17)22/h11H,4-10,12H2,1-3H3/t17-/m0/s1. The van der Waals surface area contributed by atoms with Crippen molar-refractivity contribution in [2.45, 2.75) is 46.0 Å². The topological polar surface area (TPSA) is 49.3 Å². The number of rotatable bonds is 3. The third-order valence-corrected chi connectivity index (χ3v) is 4.99. The first-order valence-electron chi connectivity index (χ1n) is 8.39. The highest BCUT2D eigenvalue weighted by atomic mass is 16.2. The maximum absolute atomic E-state index is 12.6. The van der Waals surface area contributed by atoms with Crippen LogP contribution in [0.25, 0.3) is 0 Å². The van der Waals surface area contributed by atoms with E-state index in [1.807, 2.05) is 18.9 Å². The molecule has 5 nitrogen and oxygen atoms in total. The summed E-state index contributed by atoms with van der Waals surface area (Å²) in [7, 11) is 1.93. The fraction of sp³-hybridized carbons (Fsp3) is 0.706. The molecule has 0 N–H and O–H groups in total. The second-order valence-electron chi connectivity index (χ2n) is 6.82. The van der Waals surface area contributed by atoms with E-state index in [1.54, 1.807) is 0 Å². The van der Waals surface area contributed by atoms with Crippen LogP contribution in [-0.4, -0.2) is 47.5 Å². The van der Waals surface area contributed by atoms with Gasteiger partial charge in [-0.25, -0.2) is 9.97 Å². The molecule has 3 rings (SSSR count). The fourth-order valence-electron chi connectivity index (χ4n) is 3.82. The van der Waals surface area contributed by atoms with E-state index < -0.39 is 0 Å². The molecule has 2 saturated heterocycles. The van der Waals surface area contributed by atoms with Gasteiger partial charge >= 0.3 is 0 Å². The second-order valence-corrected chi connectivity index (χ2v) is 6.82. The van der Waals surface area contributed by atoms with Crippen LogP contribution in [0.3, 0.4) is 0 Å². The molecule has 0 radical (unpaired) electrons. The minimum absolute atomic E-state index is 0.184. The number of hydrogen-bond donors (Lipinski definition) is 0. The molecule has 1 atom stereocenters. The Bertz CT molecular complexity index is 574. The Morgan fingerprint density at radius 2 is 2.09 bits per heavy atom. The summed E-state index contributed by atoms with van der Waals surface area (Å²) in [5.41, 5.74) is 0.832. The minimum Gasteiger partial charge on any atom is -0.355 e. The van der Waals surface area contributed by atoms with Crippen LogP contribution in [0.1, 0.15) is 44.1 Å². The normalized spacial score (nSPS) is 25.3. The van der Waals surface area contributed by atoms with Crippen LogP contribution in [0, 0.1) is 12.3 Å². The van der Waals surface area contributed by atoms with Crippen molar-refractivity contribution >= 4 is 11.7 Å². The third-order valence-electron chi connectivity index (χ3n) is 4.99. The Balaban J connectivity index is 1.82. The van der Waals surface area contributed by atoms with Crippen LogP contribution in [0.5, 0.6) is 0 Å². The first-order chi connectivity index (χ1) is 10.5. The van der Waals surface area contributed by atoms with Crippen molar-refractivity contribution in [2.24, 2.45) is 5.41 Å². The van der Waals surface area contributed by atoms with Crippen LogP contribution >= 0.6 is 0 Å². The summed E-state index contributed by atoms with van der Waals surface area (Å²) >= 11 is 0. The van der Waals surface area contributed by atoms with Crippen molar-refractivity contribution in [1.82, 2.24) is 14.9 Å². The van der Waals surface area contributed by atoms with Crippen molar-refractivity contribution in [2.75, 3.05) is 31.6 Å². The highest BCUT2D eigenvalue weighted by molar-refractivity contribution is 5.84. The van der Waals surface area contributed by atoms with Gasteiger partial charge in [-0.05, 0) is 32.6 Å². The minimum atomic E-state index is -0.184. The first-order valence-corrected chi connectivity index (χ1v) is 8.39. The average molecular weight is 302 g/mol. The number of carbonyl (C=O) groups is 1. The zero-order valence-corrected chi connectivity index (χ0v) is 13.9. The van der Waals surface area contributed by atoms with E-state index in [1.165, 1.54) is 0 Å². The van der Waals surface area contributed by atoms with Crippen LogP contribution in [0.4, 0.5) is 5.82 Å². The number of amides is 1. The maximum atomic E-state index is 12.6. The van der Waals surface area contributed by atoms with E-state index in [2.05, 4.69) is 22.9 Å². The number of piperidine rings is 1. The van der Waals surface area contributed by atoms with Gasteiger partial charge in [-0.2, -0.15) is 0 Å². The highest BCUT2D eigenvalue weighted by Gasteiger charge is 2.47. The van der Waals surface area contributed by atoms with Gasteiger partial charge in [0, 0.05) is 44.9 Å². The van der Waals surface area contributed by atoms with Crippen LogP contribution in [-0.2, 0) is 11.2 Å². The Labute approximate surface area is 132 Å². The van der Waals surface area contributed by atoms with Gasteiger partial charge in [-0.1, -0.05) is 6.92 Å². The van der Waals surface area contributed by atoms with Crippen LogP contribution in [0.2, 0.25) is 0 Å². The Morgan fingerprint density at radius 3 is 2.86 bits per heavy atom. The summed E-state index contributed by atoms with van der Waals surface area (Å²) in [5.74, 6) is 2.24. The lowest BCUT2D eigenvalue weighted by molar-refractivity contribution is -0.143. The van der Waals surface area contributed by atoms with Gasteiger partial charge in [0.25, 0.3) is 0 Å². The summed E-state index contributed by atoms with van der Waals surface area (Å²) in [6.45, 7) is 6.79. The molecule has 5 heteroatoms. The zero-order chi connectivity index (χ0) is 15.7. The molecule has 2 fully saturated rings. The van der Waals surface area contributed by atoms with Gasteiger partial charge in [-0.3, -0.25) is 4.79 Å². The van der Waals surface area contributed by atoms with E-state index in [4.69, 9.17) is 4.98 Å². The summed E-state index contributed by atoms with van der Waals surface area (Å²) in [5, 5.41) is 0. The van der Waals surface area contributed by atoms with Crippen LogP contribution < -0.4 is 4.90 Å². The molecular formula is C17H26N4O. The van der Waals surface area contributed by atoms with Crippen molar-refractivity contribution in [3.63, 3.8) is 0 Å². The van der Waals surface area contributed by atoms with E-state index in [0.717, 1.165) is 69.1 Å². The number of aromatic nitrogens is 2. The lowest BCUT2D eigenvalue weighted by Gasteiger charge is -2.37. The van der Waals surface area contributed by atoms with E-state index in [0.29, 0.717) is 5.91 Å². The number of likely N-dealkylation sites (tertiary alicyclic amines) is 1. The van der Waals surface area contributed by atoms with Gasteiger partial charge in [0.05, 0.1) is 5.41 Å². The smallest absolute Gasteiger partial charge is 0.230 e. The molecule has 0 saturated carbocycles. The Morgan fingerprint density at radius 1 is 1.27 bits per heavy atom. The van der Waals surface area contributed by atoms with Crippen molar-refractivity contribution in [3.05, 3.63) is 17.6 Å². The number of aryl methyl sites for hydroxylation is 2. The third kappa shape index (κ3) is 2.69. The van der Waals surface area contributed by atoms with Gasteiger partial charge in [0.2, 0.25) is 5.91 Å². The molecule has 0 unspecified atom stereocenters. The Kier molecular flexibility index (Phi) is 4.06. The van der Waals surface area contributed by atoms with E-state index in [9.17, 15) is 4.79 Å². The molecule has 1 aromatic rings. The lowest BCUT2D eigenvalue weighted by Crippen LogP contribution is -2.48. The molecule has 1 spiro atoms. The molecule has 22 heavy (non-hydrogen) atoms.